The number of carboxylic acids is 1. The highest BCUT2D eigenvalue weighted by Gasteiger charge is 2.15. The number of benzene rings is 1. The maximum absolute atomic E-state index is 12.2. The maximum atomic E-state index is 12.2. The second-order valence-electron chi connectivity index (χ2n) is 4.85. The molecule has 8 nitrogen and oxygen atoms in total. The fourth-order valence-electron chi connectivity index (χ4n) is 2.06. The molecule has 0 aliphatic heterocycles. The third-order valence-electron chi connectivity index (χ3n) is 3.23. The Morgan fingerprint density at radius 3 is 2.84 bits per heavy atom. The lowest BCUT2D eigenvalue weighted by Crippen LogP contribution is -2.14. The Morgan fingerprint density at radius 1 is 1.40 bits per heavy atom. The van der Waals surface area contributed by atoms with Crippen LogP contribution in [0.4, 0.5) is 5.69 Å². The lowest BCUT2D eigenvalue weighted by atomic mass is 10.2. The molecule has 0 unspecified atom stereocenters. The molecule has 1 aromatic carbocycles. The average Bonchev–Trinajstić information content (AvgIpc) is 3.01. The summed E-state index contributed by atoms with van der Waals surface area (Å²) in [5, 5.41) is 19.6. The van der Waals surface area contributed by atoms with Gasteiger partial charge in [-0.25, -0.2) is 9.78 Å². The zero-order chi connectivity index (χ0) is 18.1. The molecule has 2 aromatic heterocycles. The Bertz CT molecular complexity index is 1100. The van der Waals surface area contributed by atoms with Gasteiger partial charge < -0.3 is 5.11 Å². The van der Waals surface area contributed by atoms with Gasteiger partial charge in [-0.2, -0.15) is 0 Å². The van der Waals surface area contributed by atoms with Crippen LogP contribution in [-0.4, -0.2) is 25.4 Å². The number of halogens is 1. The predicted octanol–water partition coefficient (Wildman–Crippen LogP) is 3.19. The van der Waals surface area contributed by atoms with Crippen LogP contribution in [0.3, 0.4) is 0 Å². The number of carboxylic acid groups (broad SMARTS) is 1. The molecule has 0 fully saturated rings. The Labute approximate surface area is 148 Å². The number of nitro groups is 1. The van der Waals surface area contributed by atoms with E-state index < -0.39 is 16.5 Å². The van der Waals surface area contributed by atoms with Crippen molar-refractivity contribution in [3.05, 3.63) is 72.1 Å². The summed E-state index contributed by atoms with van der Waals surface area (Å²) in [6.45, 7) is 0. The van der Waals surface area contributed by atoms with Crippen molar-refractivity contribution in [3.63, 3.8) is 0 Å². The van der Waals surface area contributed by atoms with Crippen LogP contribution in [0.1, 0.15) is 20.9 Å². The van der Waals surface area contributed by atoms with Crippen molar-refractivity contribution in [2.45, 2.75) is 0 Å². The summed E-state index contributed by atoms with van der Waals surface area (Å²) in [7, 11) is 0. The largest absolute Gasteiger partial charge is 0.477 e. The zero-order valence-corrected chi connectivity index (χ0v) is 13.8. The zero-order valence-electron chi connectivity index (χ0n) is 12.2. The van der Waals surface area contributed by atoms with Gasteiger partial charge in [0.2, 0.25) is 0 Å². The van der Waals surface area contributed by atoms with Crippen molar-refractivity contribution >= 4 is 51.7 Å². The summed E-state index contributed by atoms with van der Waals surface area (Å²) in [4.78, 5) is 37.8. The Kier molecular flexibility index (Phi) is 4.34. The lowest BCUT2D eigenvalue weighted by Gasteiger charge is -1.99. The molecule has 0 amide bonds. The third kappa shape index (κ3) is 3.28. The van der Waals surface area contributed by atoms with Gasteiger partial charge in [0.05, 0.1) is 10.6 Å². The SMILES string of the molecule is O=C(O)c1cn2c(=O)c(Cl)c(/C=C/c3cccc([N+](=O)[O-])c3)nc2s1. The van der Waals surface area contributed by atoms with Crippen LogP contribution in [0.15, 0.2) is 35.3 Å². The van der Waals surface area contributed by atoms with E-state index in [1.807, 2.05) is 0 Å². The molecule has 10 heteroatoms. The van der Waals surface area contributed by atoms with Crippen LogP contribution in [-0.2, 0) is 0 Å². The van der Waals surface area contributed by atoms with Gasteiger partial charge in [0.1, 0.15) is 9.90 Å². The number of rotatable bonds is 4. The molecule has 126 valence electrons. The minimum absolute atomic E-state index is 0.0412. The Balaban J connectivity index is 2.05. The topological polar surface area (TPSA) is 115 Å². The summed E-state index contributed by atoms with van der Waals surface area (Å²) >= 11 is 6.85. The van der Waals surface area contributed by atoms with Crippen molar-refractivity contribution in [2.24, 2.45) is 0 Å². The molecule has 0 radical (unpaired) electrons. The number of fused-ring (bicyclic) bond motifs is 1. The van der Waals surface area contributed by atoms with Crippen LogP contribution >= 0.6 is 22.9 Å². The standard InChI is InChI=1S/C15H8ClN3O5S/c16-12-10(5-4-8-2-1-3-9(6-8)19(23)24)17-15-18(13(12)20)7-11(25-15)14(21)22/h1-7H,(H,21,22)/b5-4+. The van der Waals surface area contributed by atoms with E-state index in [1.165, 1.54) is 30.4 Å². The van der Waals surface area contributed by atoms with Gasteiger partial charge >= 0.3 is 5.97 Å². The van der Waals surface area contributed by atoms with E-state index in [2.05, 4.69) is 4.98 Å². The van der Waals surface area contributed by atoms with E-state index >= 15 is 0 Å². The number of non-ortho nitro benzene ring substituents is 1. The first-order valence-corrected chi connectivity index (χ1v) is 7.94. The molecule has 0 aliphatic rings. The number of hydrogen-bond acceptors (Lipinski definition) is 6. The molecule has 0 bridgehead atoms. The highest BCUT2D eigenvalue weighted by Crippen LogP contribution is 2.20. The van der Waals surface area contributed by atoms with Gasteiger partial charge in [-0.05, 0) is 11.6 Å². The molecule has 25 heavy (non-hydrogen) atoms. The van der Waals surface area contributed by atoms with E-state index in [4.69, 9.17) is 16.7 Å². The molecule has 3 rings (SSSR count). The monoisotopic (exact) mass is 377 g/mol. The van der Waals surface area contributed by atoms with Crippen LogP contribution in [0, 0.1) is 10.1 Å². The number of nitrogens with zero attached hydrogens (tertiary/aromatic N) is 3. The number of thiazole rings is 1. The number of nitro benzene ring substituents is 1. The first-order valence-electron chi connectivity index (χ1n) is 6.74. The van der Waals surface area contributed by atoms with E-state index in [1.54, 1.807) is 6.07 Å². The molecule has 0 atom stereocenters. The van der Waals surface area contributed by atoms with Crippen LogP contribution in [0.25, 0.3) is 17.1 Å². The van der Waals surface area contributed by atoms with Crippen molar-refractivity contribution < 1.29 is 14.8 Å². The van der Waals surface area contributed by atoms with Gasteiger partial charge in [-0.15, -0.1) is 0 Å². The van der Waals surface area contributed by atoms with E-state index in [9.17, 15) is 19.7 Å². The van der Waals surface area contributed by atoms with Crippen molar-refractivity contribution in [2.75, 3.05) is 0 Å². The van der Waals surface area contributed by atoms with E-state index in [0.29, 0.717) is 5.56 Å². The first kappa shape index (κ1) is 16.8. The summed E-state index contributed by atoms with van der Waals surface area (Å²) in [5.41, 5.74) is 0.0248. The second-order valence-corrected chi connectivity index (χ2v) is 6.24. The van der Waals surface area contributed by atoms with Gasteiger partial charge in [0.15, 0.2) is 4.96 Å². The first-order chi connectivity index (χ1) is 11.9. The highest BCUT2D eigenvalue weighted by molar-refractivity contribution is 7.18. The van der Waals surface area contributed by atoms with E-state index in [0.717, 1.165) is 21.9 Å². The van der Waals surface area contributed by atoms with Crippen LogP contribution in [0.5, 0.6) is 0 Å². The highest BCUT2D eigenvalue weighted by atomic mass is 35.5. The molecular weight excluding hydrogens is 370 g/mol. The van der Waals surface area contributed by atoms with E-state index in [-0.39, 0.29) is 26.2 Å². The lowest BCUT2D eigenvalue weighted by molar-refractivity contribution is -0.384. The molecule has 0 aliphatic carbocycles. The average molecular weight is 378 g/mol. The summed E-state index contributed by atoms with van der Waals surface area (Å²) in [6.07, 6.45) is 4.14. The maximum Gasteiger partial charge on any atom is 0.347 e. The molecule has 0 saturated carbocycles. The minimum atomic E-state index is -1.17. The molecule has 0 saturated heterocycles. The number of hydrogen-bond donors (Lipinski definition) is 1. The summed E-state index contributed by atoms with van der Waals surface area (Å²) in [5.74, 6) is -1.17. The van der Waals surface area contributed by atoms with Crippen molar-refractivity contribution in [1.29, 1.82) is 0 Å². The molecule has 1 N–H and O–H groups in total. The Hall–Kier alpha value is -3.04. The number of aromatic nitrogens is 2. The summed E-state index contributed by atoms with van der Waals surface area (Å²) in [6, 6.07) is 5.91. The summed E-state index contributed by atoms with van der Waals surface area (Å²) < 4.78 is 1.07. The normalized spacial score (nSPS) is 11.2. The molecule has 3 aromatic rings. The van der Waals surface area contributed by atoms with Crippen LogP contribution in [0.2, 0.25) is 5.02 Å². The van der Waals surface area contributed by atoms with Crippen molar-refractivity contribution in [3.8, 4) is 0 Å². The van der Waals surface area contributed by atoms with Crippen LogP contribution < -0.4 is 5.56 Å². The third-order valence-corrected chi connectivity index (χ3v) is 4.55. The van der Waals surface area contributed by atoms with Gasteiger partial charge in [-0.3, -0.25) is 19.3 Å². The van der Waals surface area contributed by atoms with Gasteiger partial charge in [0.25, 0.3) is 11.2 Å². The fourth-order valence-corrected chi connectivity index (χ4v) is 3.08. The minimum Gasteiger partial charge on any atom is -0.477 e. The number of carbonyl (C=O) groups is 1. The number of aromatic carboxylic acids is 1. The molecule has 2 heterocycles. The quantitative estimate of drug-likeness (QED) is 0.551. The molecular formula is C15H8ClN3O5S. The predicted molar refractivity (Wildman–Crippen MR) is 93.3 cm³/mol. The van der Waals surface area contributed by atoms with Gasteiger partial charge in [-0.1, -0.05) is 41.1 Å². The second kappa shape index (κ2) is 6.46. The molecule has 0 spiro atoms. The smallest absolute Gasteiger partial charge is 0.347 e. The fraction of sp³-hybridized carbons (Fsp3) is 0. The Morgan fingerprint density at radius 2 is 2.16 bits per heavy atom. The van der Waals surface area contributed by atoms with Gasteiger partial charge in [0, 0.05) is 18.3 Å². The van der Waals surface area contributed by atoms with Crippen molar-refractivity contribution in [1.82, 2.24) is 9.38 Å².